The smallest absolute Gasteiger partial charge is 0.156 e. The zero-order chi connectivity index (χ0) is 13.9. The molecule has 0 unspecified atom stereocenters. The zero-order valence-electron chi connectivity index (χ0n) is 12.4. The SMILES string of the molecule is Cc1nnc(NCC2CCC(C)CC2)c2ccccc12. The Labute approximate surface area is 120 Å². The van der Waals surface area contributed by atoms with Gasteiger partial charge in [-0.15, -0.1) is 5.10 Å². The third kappa shape index (κ3) is 2.77. The van der Waals surface area contributed by atoms with Gasteiger partial charge in [0.1, 0.15) is 0 Å². The number of rotatable bonds is 3. The first-order valence-corrected chi connectivity index (χ1v) is 7.70. The fourth-order valence-electron chi connectivity index (χ4n) is 3.14. The molecule has 20 heavy (non-hydrogen) atoms. The summed E-state index contributed by atoms with van der Waals surface area (Å²) in [5, 5.41) is 14.5. The first kappa shape index (κ1) is 13.3. The Balaban J connectivity index is 1.73. The highest BCUT2D eigenvalue weighted by Crippen LogP contribution is 2.29. The summed E-state index contributed by atoms with van der Waals surface area (Å²) in [7, 11) is 0. The fourth-order valence-corrected chi connectivity index (χ4v) is 3.14. The van der Waals surface area contributed by atoms with Crippen molar-refractivity contribution in [1.82, 2.24) is 10.2 Å². The van der Waals surface area contributed by atoms with Gasteiger partial charge in [-0.05, 0) is 31.6 Å². The van der Waals surface area contributed by atoms with E-state index in [4.69, 9.17) is 0 Å². The molecule has 1 aromatic carbocycles. The van der Waals surface area contributed by atoms with E-state index in [2.05, 4.69) is 46.7 Å². The van der Waals surface area contributed by atoms with Crippen LogP contribution in [0.4, 0.5) is 5.82 Å². The molecule has 1 saturated carbocycles. The highest BCUT2D eigenvalue weighted by molar-refractivity contribution is 5.92. The van der Waals surface area contributed by atoms with Crippen LogP contribution in [0.15, 0.2) is 24.3 Å². The Morgan fingerprint density at radius 1 is 1.05 bits per heavy atom. The standard InChI is InChI=1S/C17H23N3/c1-12-7-9-14(10-8-12)11-18-17-16-6-4-3-5-15(16)13(2)19-20-17/h3-6,12,14H,7-11H2,1-2H3,(H,18,20). The predicted octanol–water partition coefficient (Wildman–Crippen LogP) is 4.18. The molecule has 3 rings (SSSR count). The molecular formula is C17H23N3. The number of anilines is 1. The van der Waals surface area contributed by atoms with E-state index in [1.165, 1.54) is 36.5 Å². The average molecular weight is 269 g/mol. The summed E-state index contributed by atoms with van der Waals surface area (Å²) in [6.07, 6.45) is 5.41. The van der Waals surface area contributed by atoms with Crippen molar-refractivity contribution in [2.75, 3.05) is 11.9 Å². The second kappa shape index (κ2) is 5.78. The molecule has 1 heterocycles. The molecule has 0 spiro atoms. The Morgan fingerprint density at radius 3 is 2.50 bits per heavy atom. The number of hydrogen-bond acceptors (Lipinski definition) is 3. The monoisotopic (exact) mass is 269 g/mol. The molecule has 0 radical (unpaired) electrons. The Morgan fingerprint density at radius 2 is 1.75 bits per heavy atom. The molecule has 0 atom stereocenters. The molecule has 1 aliphatic carbocycles. The Hall–Kier alpha value is -1.64. The molecule has 0 amide bonds. The van der Waals surface area contributed by atoms with Gasteiger partial charge < -0.3 is 5.32 Å². The summed E-state index contributed by atoms with van der Waals surface area (Å²) in [4.78, 5) is 0. The van der Waals surface area contributed by atoms with Crippen LogP contribution in [0.3, 0.4) is 0 Å². The quantitative estimate of drug-likeness (QED) is 0.908. The van der Waals surface area contributed by atoms with Gasteiger partial charge in [0.15, 0.2) is 5.82 Å². The molecule has 1 N–H and O–H groups in total. The van der Waals surface area contributed by atoms with Crippen molar-refractivity contribution in [3.8, 4) is 0 Å². The highest BCUT2D eigenvalue weighted by atomic mass is 15.2. The van der Waals surface area contributed by atoms with Crippen molar-refractivity contribution in [3.63, 3.8) is 0 Å². The van der Waals surface area contributed by atoms with Crippen LogP contribution >= 0.6 is 0 Å². The normalized spacial score (nSPS) is 22.9. The molecule has 2 aromatic rings. The summed E-state index contributed by atoms with van der Waals surface area (Å²) < 4.78 is 0. The lowest BCUT2D eigenvalue weighted by Crippen LogP contribution is -2.20. The van der Waals surface area contributed by atoms with E-state index in [-0.39, 0.29) is 0 Å². The van der Waals surface area contributed by atoms with Gasteiger partial charge in [-0.3, -0.25) is 0 Å². The van der Waals surface area contributed by atoms with E-state index in [1.807, 2.05) is 6.92 Å². The largest absolute Gasteiger partial charge is 0.368 e. The third-order valence-electron chi connectivity index (χ3n) is 4.57. The highest BCUT2D eigenvalue weighted by Gasteiger charge is 2.18. The molecule has 0 bridgehead atoms. The minimum absolute atomic E-state index is 0.785. The van der Waals surface area contributed by atoms with Gasteiger partial charge >= 0.3 is 0 Å². The lowest BCUT2D eigenvalue weighted by molar-refractivity contribution is 0.300. The van der Waals surface area contributed by atoms with Crippen molar-refractivity contribution in [1.29, 1.82) is 0 Å². The second-order valence-corrected chi connectivity index (χ2v) is 6.19. The van der Waals surface area contributed by atoms with Gasteiger partial charge in [0.25, 0.3) is 0 Å². The molecule has 1 aliphatic rings. The number of aromatic nitrogens is 2. The summed E-state index contributed by atoms with van der Waals surface area (Å²) in [6, 6.07) is 8.37. The first-order valence-electron chi connectivity index (χ1n) is 7.70. The van der Waals surface area contributed by atoms with Crippen molar-refractivity contribution < 1.29 is 0 Å². The van der Waals surface area contributed by atoms with Crippen LogP contribution in [0.25, 0.3) is 10.8 Å². The summed E-state index contributed by atoms with van der Waals surface area (Å²) in [6.45, 7) is 5.40. The van der Waals surface area contributed by atoms with Crippen molar-refractivity contribution >= 4 is 16.6 Å². The lowest BCUT2D eigenvalue weighted by atomic mass is 9.83. The number of hydrogen-bond donors (Lipinski definition) is 1. The van der Waals surface area contributed by atoms with E-state index in [0.29, 0.717) is 0 Å². The van der Waals surface area contributed by atoms with Crippen LogP contribution in [0.5, 0.6) is 0 Å². The molecule has 0 aliphatic heterocycles. The Kier molecular flexibility index (Phi) is 3.86. The molecular weight excluding hydrogens is 246 g/mol. The maximum atomic E-state index is 4.34. The van der Waals surface area contributed by atoms with Crippen LogP contribution < -0.4 is 5.32 Å². The van der Waals surface area contributed by atoms with E-state index >= 15 is 0 Å². The minimum atomic E-state index is 0.785. The van der Waals surface area contributed by atoms with Crippen LogP contribution in [0.1, 0.15) is 38.3 Å². The number of fused-ring (bicyclic) bond motifs is 1. The van der Waals surface area contributed by atoms with E-state index in [1.54, 1.807) is 0 Å². The summed E-state index contributed by atoms with van der Waals surface area (Å²) >= 11 is 0. The summed E-state index contributed by atoms with van der Waals surface area (Å²) in [5.41, 5.74) is 0.998. The van der Waals surface area contributed by atoms with Crippen LogP contribution in [0.2, 0.25) is 0 Å². The zero-order valence-corrected chi connectivity index (χ0v) is 12.4. The van der Waals surface area contributed by atoms with Gasteiger partial charge in [0.05, 0.1) is 5.69 Å². The summed E-state index contributed by atoms with van der Waals surface area (Å²) in [5.74, 6) is 2.63. The van der Waals surface area contributed by atoms with Crippen LogP contribution in [-0.2, 0) is 0 Å². The van der Waals surface area contributed by atoms with Gasteiger partial charge in [0.2, 0.25) is 0 Å². The van der Waals surface area contributed by atoms with Gasteiger partial charge in [-0.25, -0.2) is 0 Å². The number of nitrogens with zero attached hydrogens (tertiary/aromatic N) is 2. The van der Waals surface area contributed by atoms with Crippen molar-refractivity contribution in [2.24, 2.45) is 11.8 Å². The second-order valence-electron chi connectivity index (χ2n) is 6.19. The molecule has 3 heteroatoms. The van der Waals surface area contributed by atoms with Gasteiger partial charge in [-0.1, -0.05) is 44.0 Å². The first-order chi connectivity index (χ1) is 9.74. The van der Waals surface area contributed by atoms with Crippen LogP contribution in [-0.4, -0.2) is 16.7 Å². The number of nitrogens with one attached hydrogen (secondary N) is 1. The maximum Gasteiger partial charge on any atom is 0.156 e. The predicted molar refractivity (Wildman–Crippen MR) is 83.9 cm³/mol. The Bertz CT molecular complexity index is 586. The van der Waals surface area contributed by atoms with E-state index < -0.39 is 0 Å². The van der Waals surface area contributed by atoms with E-state index in [0.717, 1.165) is 29.9 Å². The van der Waals surface area contributed by atoms with Crippen LogP contribution in [0, 0.1) is 18.8 Å². The topological polar surface area (TPSA) is 37.8 Å². The average Bonchev–Trinajstić information content (AvgIpc) is 2.49. The number of aryl methyl sites for hydroxylation is 1. The molecule has 106 valence electrons. The third-order valence-corrected chi connectivity index (χ3v) is 4.57. The molecule has 3 nitrogen and oxygen atoms in total. The van der Waals surface area contributed by atoms with Gasteiger partial charge in [-0.2, -0.15) is 5.10 Å². The van der Waals surface area contributed by atoms with Crippen molar-refractivity contribution in [3.05, 3.63) is 30.0 Å². The molecule has 0 saturated heterocycles. The molecule has 1 fully saturated rings. The molecule has 1 aromatic heterocycles. The number of benzene rings is 1. The fraction of sp³-hybridized carbons (Fsp3) is 0.529. The van der Waals surface area contributed by atoms with E-state index in [9.17, 15) is 0 Å². The maximum absolute atomic E-state index is 4.34. The minimum Gasteiger partial charge on any atom is -0.368 e. The lowest BCUT2D eigenvalue weighted by Gasteiger charge is -2.26. The van der Waals surface area contributed by atoms with Gasteiger partial charge in [0, 0.05) is 17.3 Å². The van der Waals surface area contributed by atoms with Crippen molar-refractivity contribution in [2.45, 2.75) is 39.5 Å².